The van der Waals surface area contributed by atoms with Gasteiger partial charge < -0.3 is 25.7 Å². The first-order chi connectivity index (χ1) is 13.0. The summed E-state index contributed by atoms with van der Waals surface area (Å²) in [6.45, 7) is 3.57. The Labute approximate surface area is 165 Å². The van der Waals surface area contributed by atoms with E-state index in [1.807, 2.05) is 0 Å². The average Bonchev–Trinajstić information content (AvgIpc) is 2.94. The van der Waals surface area contributed by atoms with Crippen LogP contribution in [-0.2, 0) is 11.0 Å². The monoisotopic (exact) mass is 417 g/mol. The molecule has 6 nitrogen and oxygen atoms in total. The van der Waals surface area contributed by atoms with Crippen LogP contribution in [0, 0.1) is 5.92 Å². The molecule has 0 aromatic heterocycles. The highest BCUT2D eigenvalue weighted by Crippen LogP contribution is 2.38. The zero-order valence-corrected chi connectivity index (χ0v) is 16.1. The SMILES string of the molecule is CC(C)NC(=O)[C@@H]1C[C@@H](O)[C@H](O)[C@@H]2NC(=S)N(c3cccc(C(F)(F)F)c3)[C@@H]21. The van der Waals surface area contributed by atoms with E-state index in [0.717, 1.165) is 12.1 Å². The molecule has 1 aromatic carbocycles. The van der Waals surface area contributed by atoms with Crippen LogP contribution in [0.2, 0.25) is 0 Å². The maximum absolute atomic E-state index is 13.1. The van der Waals surface area contributed by atoms with Crippen molar-refractivity contribution in [1.82, 2.24) is 10.6 Å². The zero-order valence-electron chi connectivity index (χ0n) is 15.3. The first-order valence-electron chi connectivity index (χ1n) is 8.94. The van der Waals surface area contributed by atoms with E-state index >= 15 is 0 Å². The lowest BCUT2D eigenvalue weighted by Gasteiger charge is -2.41. The van der Waals surface area contributed by atoms with Crippen LogP contribution in [-0.4, -0.2) is 51.6 Å². The topological polar surface area (TPSA) is 84.8 Å². The minimum atomic E-state index is -4.53. The summed E-state index contributed by atoms with van der Waals surface area (Å²) in [6.07, 6.45) is -6.91. The molecular formula is C18H22F3N3O3S. The van der Waals surface area contributed by atoms with Gasteiger partial charge in [-0.1, -0.05) is 6.07 Å². The molecule has 1 aliphatic carbocycles. The Kier molecular flexibility index (Phi) is 5.57. The average molecular weight is 417 g/mol. The number of benzene rings is 1. The number of anilines is 1. The Bertz CT molecular complexity index is 774. The van der Waals surface area contributed by atoms with Gasteiger partial charge in [0.1, 0.15) is 6.10 Å². The molecule has 10 heteroatoms. The van der Waals surface area contributed by atoms with Crippen LogP contribution in [0.25, 0.3) is 0 Å². The molecule has 3 rings (SSSR count). The van der Waals surface area contributed by atoms with Crippen LogP contribution in [0.1, 0.15) is 25.8 Å². The van der Waals surface area contributed by atoms with E-state index < -0.39 is 41.9 Å². The first-order valence-corrected chi connectivity index (χ1v) is 9.35. The van der Waals surface area contributed by atoms with Crippen LogP contribution < -0.4 is 15.5 Å². The van der Waals surface area contributed by atoms with Gasteiger partial charge in [-0.2, -0.15) is 13.2 Å². The molecule has 1 aliphatic heterocycles. The maximum atomic E-state index is 13.1. The Balaban J connectivity index is 2.01. The third-order valence-electron chi connectivity index (χ3n) is 5.06. The van der Waals surface area contributed by atoms with E-state index in [1.54, 1.807) is 13.8 Å². The van der Waals surface area contributed by atoms with Gasteiger partial charge in [-0.3, -0.25) is 4.79 Å². The molecule has 1 amide bonds. The van der Waals surface area contributed by atoms with Gasteiger partial charge in [-0.15, -0.1) is 0 Å². The van der Waals surface area contributed by atoms with Gasteiger partial charge >= 0.3 is 6.18 Å². The van der Waals surface area contributed by atoms with E-state index in [9.17, 15) is 28.2 Å². The van der Waals surface area contributed by atoms with Crippen molar-refractivity contribution in [2.75, 3.05) is 4.90 Å². The van der Waals surface area contributed by atoms with E-state index in [2.05, 4.69) is 10.6 Å². The van der Waals surface area contributed by atoms with Crippen molar-refractivity contribution in [2.45, 2.75) is 56.8 Å². The van der Waals surface area contributed by atoms with E-state index in [4.69, 9.17) is 12.2 Å². The molecule has 0 radical (unpaired) electrons. The number of carbonyl (C=O) groups excluding carboxylic acids is 1. The number of amides is 1. The molecule has 28 heavy (non-hydrogen) atoms. The lowest BCUT2D eigenvalue weighted by molar-refractivity contribution is -0.137. The van der Waals surface area contributed by atoms with E-state index in [0.29, 0.717) is 0 Å². The summed E-state index contributed by atoms with van der Waals surface area (Å²) in [6, 6.07) is 2.99. The van der Waals surface area contributed by atoms with Crippen LogP contribution >= 0.6 is 12.2 Å². The number of halogens is 3. The van der Waals surface area contributed by atoms with E-state index in [1.165, 1.54) is 17.0 Å². The van der Waals surface area contributed by atoms with Crippen LogP contribution in [0.5, 0.6) is 0 Å². The molecule has 1 aromatic rings. The van der Waals surface area contributed by atoms with Crippen LogP contribution in [0.3, 0.4) is 0 Å². The van der Waals surface area contributed by atoms with Gasteiger partial charge in [0.25, 0.3) is 0 Å². The van der Waals surface area contributed by atoms with Crippen molar-refractivity contribution >= 4 is 28.9 Å². The summed E-state index contributed by atoms with van der Waals surface area (Å²) in [5.41, 5.74) is -0.665. The highest BCUT2D eigenvalue weighted by molar-refractivity contribution is 7.80. The molecule has 154 valence electrons. The molecule has 2 fully saturated rings. The van der Waals surface area contributed by atoms with Gasteiger partial charge in [0.15, 0.2) is 5.11 Å². The van der Waals surface area contributed by atoms with Crippen molar-refractivity contribution in [2.24, 2.45) is 5.92 Å². The minimum absolute atomic E-state index is 0.0271. The number of hydrogen-bond acceptors (Lipinski definition) is 4. The third-order valence-corrected chi connectivity index (χ3v) is 5.38. The number of carbonyl (C=O) groups is 1. The number of aliphatic hydroxyl groups excluding tert-OH is 2. The van der Waals surface area contributed by atoms with Crippen molar-refractivity contribution < 1.29 is 28.2 Å². The molecule has 4 N–H and O–H groups in total. The fourth-order valence-corrected chi connectivity index (χ4v) is 4.23. The Morgan fingerprint density at radius 2 is 2.04 bits per heavy atom. The van der Waals surface area contributed by atoms with Crippen molar-refractivity contribution in [3.05, 3.63) is 29.8 Å². The van der Waals surface area contributed by atoms with E-state index in [-0.39, 0.29) is 29.2 Å². The highest BCUT2D eigenvalue weighted by atomic mass is 32.1. The first kappa shape index (κ1) is 20.8. The number of nitrogens with zero attached hydrogens (tertiary/aromatic N) is 1. The maximum Gasteiger partial charge on any atom is 0.416 e. The van der Waals surface area contributed by atoms with Gasteiger partial charge in [0, 0.05) is 11.7 Å². The highest BCUT2D eigenvalue weighted by Gasteiger charge is 2.54. The number of thiocarbonyl (C=S) groups is 1. The van der Waals surface area contributed by atoms with Gasteiger partial charge in [0.2, 0.25) is 5.91 Å². The standard InChI is InChI=1S/C18H22F3N3O3S/c1-8(2)22-16(27)11-7-12(25)15(26)13-14(11)24(17(28)23-13)10-5-3-4-9(6-10)18(19,20)21/h3-6,8,11-15,25-26H,7H2,1-2H3,(H,22,27)(H,23,28)/t11-,12-,13-,14-,15+/m1/s1. The Hall–Kier alpha value is -1.91. The number of rotatable bonds is 3. The molecule has 0 spiro atoms. The van der Waals surface area contributed by atoms with Crippen LogP contribution in [0.15, 0.2) is 24.3 Å². The van der Waals surface area contributed by atoms with Crippen molar-refractivity contribution in [3.8, 4) is 0 Å². The van der Waals surface area contributed by atoms with Gasteiger partial charge in [-0.25, -0.2) is 0 Å². The lowest BCUT2D eigenvalue weighted by Crippen LogP contribution is -2.61. The molecule has 2 aliphatic rings. The Morgan fingerprint density at radius 3 is 2.64 bits per heavy atom. The van der Waals surface area contributed by atoms with Crippen molar-refractivity contribution in [3.63, 3.8) is 0 Å². The number of alkyl halides is 3. The van der Waals surface area contributed by atoms with Gasteiger partial charge in [0.05, 0.1) is 29.7 Å². The summed E-state index contributed by atoms with van der Waals surface area (Å²) in [5, 5.41) is 26.3. The summed E-state index contributed by atoms with van der Waals surface area (Å²) < 4.78 is 39.4. The second kappa shape index (κ2) is 7.49. The molecule has 0 bridgehead atoms. The fourth-order valence-electron chi connectivity index (χ4n) is 3.86. The second-order valence-corrected chi connectivity index (χ2v) is 7.83. The molecular weight excluding hydrogens is 395 g/mol. The molecule has 0 unspecified atom stereocenters. The second-order valence-electron chi connectivity index (χ2n) is 7.45. The van der Waals surface area contributed by atoms with Crippen molar-refractivity contribution in [1.29, 1.82) is 0 Å². The molecule has 5 atom stereocenters. The van der Waals surface area contributed by atoms with Gasteiger partial charge in [-0.05, 0) is 50.7 Å². The summed E-state index contributed by atoms with van der Waals surface area (Å²) >= 11 is 5.30. The smallest absolute Gasteiger partial charge is 0.390 e. The quantitative estimate of drug-likeness (QED) is 0.557. The third kappa shape index (κ3) is 3.81. The normalized spacial score (nSPS) is 30.2. The number of hydrogen-bond donors (Lipinski definition) is 4. The number of fused-ring (bicyclic) bond motifs is 1. The summed E-state index contributed by atoms with van der Waals surface area (Å²) in [7, 11) is 0. The predicted octanol–water partition coefficient (Wildman–Crippen LogP) is 1.40. The minimum Gasteiger partial charge on any atom is -0.390 e. The summed E-state index contributed by atoms with van der Waals surface area (Å²) in [5.74, 6) is -1.12. The van der Waals surface area contributed by atoms with Crippen LogP contribution in [0.4, 0.5) is 18.9 Å². The molecule has 1 saturated heterocycles. The fraction of sp³-hybridized carbons (Fsp3) is 0.556. The number of nitrogens with one attached hydrogen (secondary N) is 2. The molecule has 1 heterocycles. The zero-order chi connectivity index (χ0) is 20.8. The predicted molar refractivity (Wildman–Crippen MR) is 101 cm³/mol. The summed E-state index contributed by atoms with van der Waals surface area (Å²) in [4.78, 5) is 14.2. The molecule has 1 saturated carbocycles. The lowest BCUT2D eigenvalue weighted by atomic mass is 9.77. The largest absolute Gasteiger partial charge is 0.416 e. The Morgan fingerprint density at radius 1 is 1.36 bits per heavy atom. The number of aliphatic hydroxyl groups is 2.